The third-order valence-electron chi connectivity index (χ3n) is 3.10. The molecule has 18 heavy (non-hydrogen) atoms. The molecule has 1 fully saturated rings. The van der Waals surface area contributed by atoms with Crippen molar-refractivity contribution in [2.24, 2.45) is 0 Å². The van der Waals surface area contributed by atoms with E-state index in [2.05, 4.69) is 4.98 Å². The van der Waals surface area contributed by atoms with E-state index < -0.39 is 15.5 Å². The second-order valence-corrected chi connectivity index (χ2v) is 5.90. The SMILES string of the molecule is C[C@@H](c1ccccn1)N1CC(S(=O)(=O)F)CC1=O. The second kappa shape index (κ2) is 4.64. The van der Waals surface area contributed by atoms with E-state index in [1.807, 2.05) is 0 Å². The van der Waals surface area contributed by atoms with E-state index in [-0.39, 0.29) is 24.9 Å². The maximum atomic E-state index is 12.9. The molecule has 1 amide bonds. The molecule has 0 N–H and O–H groups in total. The summed E-state index contributed by atoms with van der Waals surface area (Å²) in [6, 6.07) is 4.92. The van der Waals surface area contributed by atoms with E-state index in [4.69, 9.17) is 0 Å². The van der Waals surface area contributed by atoms with Gasteiger partial charge in [-0.15, -0.1) is 3.89 Å². The molecule has 2 rings (SSSR count). The van der Waals surface area contributed by atoms with Crippen molar-refractivity contribution in [3.63, 3.8) is 0 Å². The van der Waals surface area contributed by atoms with Crippen molar-refractivity contribution in [1.29, 1.82) is 0 Å². The molecule has 1 aliphatic heterocycles. The Hall–Kier alpha value is -1.50. The fourth-order valence-corrected chi connectivity index (χ4v) is 2.72. The van der Waals surface area contributed by atoms with Gasteiger partial charge in [-0.1, -0.05) is 6.07 Å². The van der Waals surface area contributed by atoms with Crippen LogP contribution in [0, 0.1) is 0 Å². The zero-order valence-electron chi connectivity index (χ0n) is 9.78. The van der Waals surface area contributed by atoms with Crippen molar-refractivity contribution < 1.29 is 17.1 Å². The van der Waals surface area contributed by atoms with Crippen molar-refractivity contribution in [3.8, 4) is 0 Å². The Labute approximate surface area is 105 Å². The lowest BCUT2D eigenvalue weighted by Crippen LogP contribution is -2.30. The van der Waals surface area contributed by atoms with Crippen LogP contribution in [0.1, 0.15) is 25.1 Å². The summed E-state index contributed by atoms with van der Waals surface area (Å²) >= 11 is 0. The first-order chi connectivity index (χ1) is 8.39. The number of amides is 1. The maximum absolute atomic E-state index is 12.9. The molecule has 0 aromatic carbocycles. The summed E-state index contributed by atoms with van der Waals surface area (Å²) in [6.45, 7) is 1.63. The van der Waals surface area contributed by atoms with Crippen molar-refractivity contribution in [2.45, 2.75) is 24.6 Å². The first-order valence-corrected chi connectivity index (χ1v) is 6.98. The number of hydrogen-bond donors (Lipinski definition) is 0. The number of nitrogens with zero attached hydrogens (tertiary/aromatic N) is 2. The Morgan fingerprint density at radius 2 is 2.22 bits per heavy atom. The summed E-state index contributed by atoms with van der Waals surface area (Å²) in [5.74, 6) is -0.362. The molecule has 0 radical (unpaired) electrons. The third-order valence-corrected chi connectivity index (χ3v) is 4.22. The lowest BCUT2D eigenvalue weighted by molar-refractivity contribution is -0.129. The molecular formula is C11H13FN2O3S. The van der Waals surface area contributed by atoms with E-state index in [9.17, 15) is 17.1 Å². The molecule has 2 heterocycles. The van der Waals surface area contributed by atoms with Crippen LogP contribution < -0.4 is 0 Å². The highest BCUT2D eigenvalue weighted by atomic mass is 32.3. The quantitative estimate of drug-likeness (QED) is 0.771. The normalized spacial score (nSPS) is 22.2. The van der Waals surface area contributed by atoms with Crippen LogP contribution in [0.4, 0.5) is 3.89 Å². The highest BCUT2D eigenvalue weighted by Gasteiger charge is 2.40. The number of halogens is 1. The Kier molecular flexibility index (Phi) is 3.34. The van der Waals surface area contributed by atoms with Gasteiger partial charge in [0.2, 0.25) is 5.91 Å². The number of hydrogen-bond acceptors (Lipinski definition) is 4. The van der Waals surface area contributed by atoms with Crippen molar-refractivity contribution in [2.75, 3.05) is 6.54 Å². The summed E-state index contributed by atoms with van der Waals surface area (Å²) in [5.41, 5.74) is 0.655. The fraction of sp³-hybridized carbons (Fsp3) is 0.455. The first kappa shape index (κ1) is 12.9. The summed E-state index contributed by atoms with van der Waals surface area (Å²) in [7, 11) is -4.67. The van der Waals surface area contributed by atoms with Crippen LogP contribution in [0.3, 0.4) is 0 Å². The molecule has 1 aliphatic rings. The molecule has 1 aromatic heterocycles. The van der Waals surface area contributed by atoms with Gasteiger partial charge in [0.15, 0.2) is 0 Å². The van der Waals surface area contributed by atoms with Crippen LogP contribution >= 0.6 is 0 Å². The molecule has 0 spiro atoms. The number of aromatic nitrogens is 1. The van der Waals surface area contributed by atoms with E-state index >= 15 is 0 Å². The number of carbonyl (C=O) groups is 1. The summed E-state index contributed by atoms with van der Waals surface area (Å²) in [4.78, 5) is 17.2. The molecular weight excluding hydrogens is 259 g/mol. The van der Waals surface area contributed by atoms with Crippen molar-refractivity contribution in [3.05, 3.63) is 30.1 Å². The minimum absolute atomic E-state index is 0.116. The van der Waals surface area contributed by atoms with Crippen LogP contribution in [-0.2, 0) is 15.0 Å². The smallest absolute Gasteiger partial charge is 0.307 e. The standard InChI is InChI=1S/C11H13FN2O3S/c1-8(10-4-2-3-5-13-10)14-7-9(6-11(14)15)18(12,16)17/h2-5,8-9H,6-7H2,1H3/t8-,9?/m0/s1. The third kappa shape index (κ3) is 2.50. The minimum atomic E-state index is -4.67. The first-order valence-electron chi connectivity index (χ1n) is 5.53. The van der Waals surface area contributed by atoms with Crippen molar-refractivity contribution in [1.82, 2.24) is 9.88 Å². The largest absolute Gasteiger partial charge is 0.333 e. The monoisotopic (exact) mass is 272 g/mol. The Morgan fingerprint density at radius 1 is 1.50 bits per heavy atom. The average molecular weight is 272 g/mol. The Bertz CT molecular complexity index is 547. The van der Waals surface area contributed by atoms with Gasteiger partial charge in [0.05, 0.1) is 11.7 Å². The van der Waals surface area contributed by atoms with Crippen LogP contribution in [0.15, 0.2) is 24.4 Å². The van der Waals surface area contributed by atoms with Gasteiger partial charge < -0.3 is 4.90 Å². The molecule has 7 heteroatoms. The molecule has 0 aliphatic carbocycles. The molecule has 1 saturated heterocycles. The van der Waals surface area contributed by atoms with E-state index in [1.54, 1.807) is 31.3 Å². The highest BCUT2D eigenvalue weighted by molar-refractivity contribution is 7.87. The number of rotatable bonds is 3. The van der Waals surface area contributed by atoms with Gasteiger partial charge in [0.1, 0.15) is 5.25 Å². The number of carbonyl (C=O) groups excluding carboxylic acids is 1. The maximum Gasteiger partial charge on any atom is 0.307 e. The lowest BCUT2D eigenvalue weighted by atomic mass is 10.2. The topological polar surface area (TPSA) is 67.3 Å². The van der Waals surface area contributed by atoms with Crippen LogP contribution in [0.2, 0.25) is 0 Å². The van der Waals surface area contributed by atoms with Crippen LogP contribution in [0.5, 0.6) is 0 Å². The molecule has 2 atom stereocenters. The fourth-order valence-electron chi connectivity index (χ4n) is 2.04. The predicted octanol–water partition coefficient (Wildman–Crippen LogP) is 1.04. The van der Waals surface area contributed by atoms with Crippen LogP contribution in [0.25, 0.3) is 0 Å². The molecule has 1 aromatic rings. The summed E-state index contributed by atoms with van der Waals surface area (Å²) in [6.07, 6.45) is 1.30. The van der Waals surface area contributed by atoms with Gasteiger partial charge in [-0.2, -0.15) is 8.42 Å². The van der Waals surface area contributed by atoms with Gasteiger partial charge in [-0.3, -0.25) is 9.78 Å². The predicted molar refractivity (Wildman–Crippen MR) is 62.8 cm³/mol. The molecule has 0 bridgehead atoms. The molecule has 1 unspecified atom stereocenters. The van der Waals surface area contributed by atoms with E-state index in [0.29, 0.717) is 5.69 Å². The van der Waals surface area contributed by atoms with E-state index in [0.717, 1.165) is 0 Å². The molecule has 5 nitrogen and oxygen atoms in total. The van der Waals surface area contributed by atoms with Gasteiger partial charge in [-0.25, -0.2) is 0 Å². The Balaban J connectivity index is 2.18. The van der Waals surface area contributed by atoms with E-state index in [1.165, 1.54) is 4.90 Å². The van der Waals surface area contributed by atoms with Gasteiger partial charge in [-0.05, 0) is 19.1 Å². The number of pyridine rings is 1. The average Bonchev–Trinajstić information content (AvgIpc) is 2.71. The summed E-state index contributed by atoms with van der Waals surface area (Å²) < 4.78 is 34.5. The zero-order valence-corrected chi connectivity index (χ0v) is 10.6. The molecule has 98 valence electrons. The lowest BCUT2D eigenvalue weighted by Gasteiger charge is -2.23. The minimum Gasteiger partial charge on any atom is -0.333 e. The summed E-state index contributed by atoms with van der Waals surface area (Å²) in [5, 5.41) is -1.25. The van der Waals surface area contributed by atoms with Gasteiger partial charge in [0.25, 0.3) is 0 Å². The molecule has 0 saturated carbocycles. The van der Waals surface area contributed by atoms with Gasteiger partial charge >= 0.3 is 10.2 Å². The second-order valence-electron chi connectivity index (χ2n) is 4.28. The Morgan fingerprint density at radius 3 is 2.72 bits per heavy atom. The zero-order chi connectivity index (χ0) is 13.3. The van der Waals surface area contributed by atoms with Crippen molar-refractivity contribution >= 4 is 16.1 Å². The van der Waals surface area contributed by atoms with Gasteiger partial charge in [0, 0.05) is 19.2 Å². The number of likely N-dealkylation sites (tertiary alicyclic amines) is 1. The van der Waals surface area contributed by atoms with Crippen LogP contribution in [-0.4, -0.2) is 36.0 Å². The highest BCUT2D eigenvalue weighted by Crippen LogP contribution is 2.27.